The Balaban J connectivity index is 1.58. The molecule has 1 saturated heterocycles. The molecule has 0 saturated carbocycles. The van der Waals surface area contributed by atoms with Gasteiger partial charge in [-0.05, 0) is 43.2 Å². The van der Waals surface area contributed by atoms with Crippen LogP contribution in [0.15, 0.2) is 53.4 Å². The Morgan fingerprint density at radius 3 is 2.61 bits per heavy atom. The number of carbonyl (C=O) groups is 1. The second kappa shape index (κ2) is 9.18. The van der Waals surface area contributed by atoms with Gasteiger partial charge in [0.25, 0.3) is 0 Å². The van der Waals surface area contributed by atoms with Gasteiger partial charge in [-0.25, -0.2) is 13.1 Å². The second-order valence-electron chi connectivity index (χ2n) is 6.55. The summed E-state index contributed by atoms with van der Waals surface area (Å²) in [5.41, 5.74) is 1.30. The van der Waals surface area contributed by atoms with Crippen LogP contribution < -0.4 is 14.8 Å². The van der Waals surface area contributed by atoms with E-state index in [2.05, 4.69) is 10.0 Å². The van der Waals surface area contributed by atoms with E-state index in [0.29, 0.717) is 18.0 Å². The maximum Gasteiger partial charge on any atom is 0.240 e. The van der Waals surface area contributed by atoms with E-state index in [-0.39, 0.29) is 29.9 Å². The number of methoxy groups -OCH3 is 1. The van der Waals surface area contributed by atoms with E-state index in [1.165, 1.54) is 12.1 Å². The molecule has 0 unspecified atom stereocenters. The monoisotopic (exact) mass is 404 g/mol. The molecule has 1 aliphatic heterocycles. The van der Waals surface area contributed by atoms with Gasteiger partial charge in [-0.3, -0.25) is 4.79 Å². The summed E-state index contributed by atoms with van der Waals surface area (Å²) < 4.78 is 38.0. The lowest BCUT2D eigenvalue weighted by Crippen LogP contribution is -2.31. The van der Waals surface area contributed by atoms with Crippen LogP contribution in [0.2, 0.25) is 0 Å². The number of nitrogens with one attached hydrogen (secondary N) is 2. The van der Waals surface area contributed by atoms with Gasteiger partial charge >= 0.3 is 0 Å². The number of carbonyl (C=O) groups excluding carboxylic acids is 1. The van der Waals surface area contributed by atoms with Crippen LogP contribution in [0.3, 0.4) is 0 Å². The van der Waals surface area contributed by atoms with Crippen molar-refractivity contribution in [2.45, 2.75) is 30.3 Å². The third-order valence-corrected chi connectivity index (χ3v) is 5.96. The van der Waals surface area contributed by atoms with Gasteiger partial charge < -0.3 is 14.8 Å². The lowest BCUT2D eigenvalue weighted by molar-refractivity contribution is -0.115. The van der Waals surface area contributed by atoms with Gasteiger partial charge in [0.1, 0.15) is 5.75 Å². The number of sulfonamides is 1. The number of rotatable bonds is 8. The van der Waals surface area contributed by atoms with E-state index in [1.54, 1.807) is 25.3 Å². The minimum absolute atomic E-state index is 0.0664. The Bertz CT molecular complexity index is 906. The lowest BCUT2D eigenvalue weighted by atomic mass is 10.1. The van der Waals surface area contributed by atoms with Gasteiger partial charge in [0.2, 0.25) is 15.9 Å². The molecule has 0 spiro atoms. The van der Waals surface area contributed by atoms with E-state index in [1.807, 2.05) is 18.2 Å². The van der Waals surface area contributed by atoms with Gasteiger partial charge in [0.15, 0.2) is 0 Å². The maximum absolute atomic E-state index is 12.4. The van der Waals surface area contributed by atoms with Crippen molar-refractivity contribution in [3.8, 4) is 5.75 Å². The molecule has 3 rings (SSSR count). The van der Waals surface area contributed by atoms with Crippen LogP contribution in [0.4, 0.5) is 5.69 Å². The van der Waals surface area contributed by atoms with Crippen molar-refractivity contribution in [2.75, 3.05) is 25.6 Å². The zero-order chi connectivity index (χ0) is 20.0. The molecule has 1 amide bonds. The van der Waals surface area contributed by atoms with Crippen LogP contribution in [-0.4, -0.2) is 40.7 Å². The van der Waals surface area contributed by atoms with Crippen LogP contribution in [0.1, 0.15) is 18.4 Å². The molecule has 150 valence electrons. The first-order valence-corrected chi connectivity index (χ1v) is 10.6. The largest absolute Gasteiger partial charge is 0.496 e. The highest BCUT2D eigenvalue weighted by molar-refractivity contribution is 7.89. The maximum atomic E-state index is 12.4. The summed E-state index contributed by atoms with van der Waals surface area (Å²) in [5.74, 6) is 0.438. The van der Waals surface area contributed by atoms with Crippen molar-refractivity contribution in [1.29, 1.82) is 0 Å². The number of ether oxygens (including phenoxy) is 2. The molecule has 0 bridgehead atoms. The average molecular weight is 404 g/mol. The highest BCUT2D eigenvalue weighted by Crippen LogP contribution is 2.19. The minimum atomic E-state index is -3.61. The molecule has 7 nitrogen and oxygen atoms in total. The fourth-order valence-corrected chi connectivity index (χ4v) is 4.10. The number of hydrogen-bond acceptors (Lipinski definition) is 5. The molecule has 28 heavy (non-hydrogen) atoms. The molecule has 0 radical (unpaired) electrons. The summed E-state index contributed by atoms with van der Waals surface area (Å²) in [4.78, 5) is 12.4. The molecule has 2 N–H and O–H groups in total. The Morgan fingerprint density at radius 2 is 1.93 bits per heavy atom. The van der Waals surface area contributed by atoms with Crippen molar-refractivity contribution >= 4 is 21.6 Å². The van der Waals surface area contributed by atoms with Crippen molar-refractivity contribution < 1.29 is 22.7 Å². The molecule has 0 aromatic heterocycles. The molecule has 1 aliphatic rings. The molecule has 2 aromatic rings. The fourth-order valence-electron chi connectivity index (χ4n) is 3.04. The normalized spacial score (nSPS) is 16.7. The first kappa shape index (κ1) is 20.3. The minimum Gasteiger partial charge on any atom is -0.496 e. The third kappa shape index (κ3) is 5.31. The standard InChI is InChI=1S/C20H24N2O5S/c1-26-19-7-3-2-5-15(19)13-20(23)22-16-8-10-18(11-9-16)28(24,25)21-14-17-6-4-12-27-17/h2-3,5,7-11,17,21H,4,6,12-14H2,1H3,(H,22,23)/t17-/m1/s1. The third-order valence-electron chi connectivity index (χ3n) is 4.52. The van der Waals surface area contributed by atoms with E-state index < -0.39 is 10.0 Å². The van der Waals surface area contributed by atoms with Crippen molar-refractivity contribution in [3.05, 3.63) is 54.1 Å². The van der Waals surface area contributed by atoms with Gasteiger partial charge in [-0.1, -0.05) is 18.2 Å². The number of amides is 1. The summed E-state index contributed by atoms with van der Waals surface area (Å²) in [6.45, 7) is 0.940. The highest BCUT2D eigenvalue weighted by atomic mass is 32.2. The first-order valence-electron chi connectivity index (χ1n) is 9.11. The van der Waals surface area contributed by atoms with E-state index in [0.717, 1.165) is 18.4 Å². The SMILES string of the molecule is COc1ccccc1CC(=O)Nc1ccc(S(=O)(=O)NC[C@H]2CCCO2)cc1. The predicted molar refractivity (Wildman–Crippen MR) is 106 cm³/mol. The van der Waals surface area contributed by atoms with Gasteiger partial charge in [0, 0.05) is 24.4 Å². The molecular weight excluding hydrogens is 380 g/mol. The summed E-state index contributed by atoms with van der Waals surface area (Å²) in [6, 6.07) is 13.4. The quantitative estimate of drug-likeness (QED) is 0.704. The predicted octanol–water partition coefficient (Wildman–Crippen LogP) is 2.33. The Kier molecular flexibility index (Phi) is 6.66. The molecule has 8 heteroatoms. The van der Waals surface area contributed by atoms with Crippen LogP contribution in [0.25, 0.3) is 0 Å². The molecular formula is C20H24N2O5S. The van der Waals surface area contributed by atoms with Crippen LogP contribution >= 0.6 is 0 Å². The van der Waals surface area contributed by atoms with Crippen LogP contribution in [0.5, 0.6) is 5.75 Å². The van der Waals surface area contributed by atoms with Crippen LogP contribution in [-0.2, 0) is 26.0 Å². The first-order chi connectivity index (χ1) is 13.5. The summed E-state index contributed by atoms with van der Waals surface area (Å²) in [6.07, 6.45) is 1.91. The fraction of sp³-hybridized carbons (Fsp3) is 0.350. The van der Waals surface area contributed by atoms with Crippen molar-refractivity contribution in [3.63, 3.8) is 0 Å². The zero-order valence-electron chi connectivity index (χ0n) is 15.7. The average Bonchev–Trinajstić information content (AvgIpc) is 3.21. The van der Waals surface area contributed by atoms with E-state index in [4.69, 9.17) is 9.47 Å². The molecule has 1 fully saturated rings. The zero-order valence-corrected chi connectivity index (χ0v) is 16.5. The van der Waals surface area contributed by atoms with Gasteiger partial charge in [-0.15, -0.1) is 0 Å². The smallest absolute Gasteiger partial charge is 0.240 e. The summed E-state index contributed by atoms with van der Waals surface area (Å²) in [7, 11) is -2.05. The topological polar surface area (TPSA) is 93.7 Å². The number of anilines is 1. The van der Waals surface area contributed by atoms with Gasteiger partial charge in [-0.2, -0.15) is 0 Å². The Morgan fingerprint density at radius 1 is 1.18 bits per heavy atom. The molecule has 1 atom stereocenters. The molecule has 2 aromatic carbocycles. The van der Waals surface area contributed by atoms with Crippen molar-refractivity contribution in [2.24, 2.45) is 0 Å². The number of para-hydroxylation sites is 1. The lowest BCUT2D eigenvalue weighted by Gasteiger charge is -2.12. The summed E-state index contributed by atoms with van der Waals surface area (Å²) in [5, 5.41) is 2.77. The van der Waals surface area contributed by atoms with Crippen molar-refractivity contribution in [1.82, 2.24) is 4.72 Å². The highest BCUT2D eigenvalue weighted by Gasteiger charge is 2.20. The Hall–Kier alpha value is -2.42. The van der Waals surface area contributed by atoms with Crippen LogP contribution in [0, 0.1) is 0 Å². The summed E-state index contributed by atoms with van der Waals surface area (Å²) >= 11 is 0. The van der Waals surface area contributed by atoms with Gasteiger partial charge in [0.05, 0.1) is 24.5 Å². The van der Waals surface area contributed by atoms with E-state index >= 15 is 0 Å². The number of hydrogen-bond donors (Lipinski definition) is 2. The second-order valence-corrected chi connectivity index (χ2v) is 8.32. The number of benzene rings is 2. The molecule has 1 heterocycles. The Labute approximate surface area is 165 Å². The van der Waals surface area contributed by atoms with E-state index in [9.17, 15) is 13.2 Å². The molecule has 0 aliphatic carbocycles.